The molecule has 0 fully saturated rings. The van der Waals surface area contributed by atoms with E-state index in [9.17, 15) is 14.4 Å². The lowest BCUT2D eigenvalue weighted by Crippen LogP contribution is -2.25. The maximum atomic E-state index is 12.6. The summed E-state index contributed by atoms with van der Waals surface area (Å²) in [5.41, 5.74) is 0.915. The highest BCUT2D eigenvalue weighted by Crippen LogP contribution is 2.16. The molecule has 3 aromatic rings. The summed E-state index contributed by atoms with van der Waals surface area (Å²) >= 11 is 0. The van der Waals surface area contributed by atoms with Gasteiger partial charge in [-0.05, 0) is 30.3 Å². The van der Waals surface area contributed by atoms with Crippen LogP contribution >= 0.6 is 0 Å². The van der Waals surface area contributed by atoms with E-state index < -0.39 is 5.91 Å². The molecule has 2 N–H and O–H groups in total. The molecular formula is C18H16N4O3. The molecule has 3 rings (SSSR count). The van der Waals surface area contributed by atoms with Crippen molar-refractivity contribution in [3.8, 4) is 0 Å². The Balaban J connectivity index is 1.94. The fraction of sp³-hybridized carbons (Fsp3) is 0.111. The number of aryl methyl sites for hydroxylation is 1. The van der Waals surface area contributed by atoms with E-state index in [2.05, 4.69) is 15.7 Å². The van der Waals surface area contributed by atoms with Crippen LogP contribution in [0.25, 0.3) is 10.8 Å². The standard InChI is InChI=1S/C18H16N4O3/c1-19-16(23)11-7-9-12(10-8-11)20-17(24)15-13-5-3-4-6-14(13)18(25)22(2)21-15/h3-10H,1-2H3,(H,19,23)(H,20,24). The number of amides is 2. The molecule has 0 atom stereocenters. The zero-order valence-electron chi connectivity index (χ0n) is 13.7. The van der Waals surface area contributed by atoms with Crippen LogP contribution in [0, 0.1) is 0 Å². The number of rotatable bonds is 3. The zero-order chi connectivity index (χ0) is 18.0. The highest BCUT2D eigenvalue weighted by Gasteiger charge is 2.15. The topological polar surface area (TPSA) is 93.1 Å². The van der Waals surface area contributed by atoms with Gasteiger partial charge in [-0.1, -0.05) is 18.2 Å². The van der Waals surface area contributed by atoms with Crippen molar-refractivity contribution in [1.29, 1.82) is 0 Å². The molecule has 0 unspecified atom stereocenters. The first kappa shape index (κ1) is 16.4. The molecule has 0 saturated carbocycles. The van der Waals surface area contributed by atoms with Gasteiger partial charge in [0.05, 0.1) is 5.39 Å². The minimum Gasteiger partial charge on any atom is -0.355 e. The second-order valence-electron chi connectivity index (χ2n) is 5.43. The average molecular weight is 336 g/mol. The fourth-order valence-electron chi connectivity index (χ4n) is 2.51. The Morgan fingerprint density at radius 3 is 2.24 bits per heavy atom. The second-order valence-corrected chi connectivity index (χ2v) is 5.43. The van der Waals surface area contributed by atoms with Crippen LogP contribution < -0.4 is 16.2 Å². The predicted molar refractivity (Wildman–Crippen MR) is 94.8 cm³/mol. The third-order valence-corrected chi connectivity index (χ3v) is 3.80. The normalized spacial score (nSPS) is 10.5. The first-order valence-electron chi connectivity index (χ1n) is 7.61. The van der Waals surface area contributed by atoms with Gasteiger partial charge in [0.1, 0.15) is 0 Å². The van der Waals surface area contributed by atoms with Crippen molar-refractivity contribution >= 4 is 28.3 Å². The highest BCUT2D eigenvalue weighted by molar-refractivity contribution is 6.11. The third-order valence-electron chi connectivity index (χ3n) is 3.80. The van der Waals surface area contributed by atoms with Gasteiger partial charge in [-0.25, -0.2) is 4.68 Å². The van der Waals surface area contributed by atoms with Gasteiger partial charge >= 0.3 is 0 Å². The molecule has 25 heavy (non-hydrogen) atoms. The summed E-state index contributed by atoms with van der Waals surface area (Å²) in [6.45, 7) is 0. The molecule has 0 spiro atoms. The van der Waals surface area contributed by atoms with Crippen LogP contribution in [-0.2, 0) is 7.05 Å². The van der Waals surface area contributed by atoms with Crippen molar-refractivity contribution in [3.63, 3.8) is 0 Å². The summed E-state index contributed by atoms with van der Waals surface area (Å²) in [6, 6.07) is 13.3. The first-order chi connectivity index (χ1) is 12.0. The summed E-state index contributed by atoms with van der Waals surface area (Å²) in [5.74, 6) is -0.636. The van der Waals surface area contributed by atoms with Crippen LogP contribution in [0.3, 0.4) is 0 Å². The lowest BCUT2D eigenvalue weighted by atomic mass is 10.1. The minimum absolute atomic E-state index is 0.160. The molecule has 7 heteroatoms. The molecule has 0 radical (unpaired) electrons. The van der Waals surface area contributed by atoms with Crippen LogP contribution in [0.2, 0.25) is 0 Å². The Hall–Kier alpha value is -3.48. The zero-order valence-corrected chi connectivity index (χ0v) is 13.7. The lowest BCUT2D eigenvalue weighted by molar-refractivity contribution is 0.0962. The molecule has 7 nitrogen and oxygen atoms in total. The van der Waals surface area contributed by atoms with Gasteiger partial charge in [0.25, 0.3) is 17.4 Å². The largest absolute Gasteiger partial charge is 0.355 e. The van der Waals surface area contributed by atoms with Crippen LogP contribution in [-0.4, -0.2) is 28.6 Å². The highest BCUT2D eigenvalue weighted by atomic mass is 16.2. The van der Waals surface area contributed by atoms with Gasteiger partial charge in [0.15, 0.2) is 5.69 Å². The van der Waals surface area contributed by atoms with E-state index in [1.54, 1.807) is 55.6 Å². The summed E-state index contributed by atoms with van der Waals surface area (Å²) in [7, 11) is 3.05. The van der Waals surface area contributed by atoms with Crippen molar-refractivity contribution in [1.82, 2.24) is 15.1 Å². The number of hydrogen-bond acceptors (Lipinski definition) is 4. The molecule has 0 aliphatic rings. The summed E-state index contributed by atoms with van der Waals surface area (Å²) in [5, 5.41) is 10.3. The van der Waals surface area contributed by atoms with Gasteiger partial charge in [-0.2, -0.15) is 5.10 Å². The molecule has 0 saturated heterocycles. The number of hydrogen-bond donors (Lipinski definition) is 2. The SMILES string of the molecule is CNC(=O)c1ccc(NC(=O)c2nn(C)c(=O)c3ccccc23)cc1. The molecule has 1 aromatic heterocycles. The predicted octanol–water partition coefficient (Wildman–Crippen LogP) is 1.55. The second kappa shape index (κ2) is 6.56. The van der Waals surface area contributed by atoms with Gasteiger partial charge < -0.3 is 10.6 Å². The Labute approximate surface area is 143 Å². The van der Waals surface area contributed by atoms with Gasteiger partial charge in [0.2, 0.25) is 0 Å². The minimum atomic E-state index is -0.431. The van der Waals surface area contributed by atoms with E-state index in [4.69, 9.17) is 0 Å². The van der Waals surface area contributed by atoms with E-state index in [-0.39, 0.29) is 17.2 Å². The van der Waals surface area contributed by atoms with Gasteiger partial charge in [-0.15, -0.1) is 0 Å². The molecule has 0 bridgehead atoms. The van der Waals surface area contributed by atoms with Gasteiger partial charge in [-0.3, -0.25) is 14.4 Å². The van der Waals surface area contributed by atoms with E-state index in [0.717, 1.165) is 4.68 Å². The number of benzene rings is 2. The smallest absolute Gasteiger partial charge is 0.276 e. The van der Waals surface area contributed by atoms with Crippen LogP contribution in [0.15, 0.2) is 53.3 Å². The van der Waals surface area contributed by atoms with E-state index in [1.165, 1.54) is 7.05 Å². The number of carbonyl (C=O) groups excluding carboxylic acids is 2. The monoisotopic (exact) mass is 336 g/mol. The number of aromatic nitrogens is 2. The van der Waals surface area contributed by atoms with Crippen LogP contribution in [0.4, 0.5) is 5.69 Å². The molecule has 2 amide bonds. The Kier molecular flexibility index (Phi) is 4.30. The maximum Gasteiger partial charge on any atom is 0.276 e. The molecule has 2 aromatic carbocycles. The first-order valence-corrected chi connectivity index (χ1v) is 7.61. The van der Waals surface area contributed by atoms with Crippen molar-refractivity contribution in [3.05, 3.63) is 70.1 Å². The average Bonchev–Trinajstić information content (AvgIpc) is 2.64. The van der Waals surface area contributed by atoms with Crippen molar-refractivity contribution in [2.75, 3.05) is 12.4 Å². The van der Waals surface area contributed by atoms with Crippen molar-refractivity contribution in [2.45, 2.75) is 0 Å². The van der Waals surface area contributed by atoms with E-state index in [0.29, 0.717) is 22.0 Å². The summed E-state index contributed by atoms with van der Waals surface area (Å²) < 4.78 is 1.14. The number of nitrogens with one attached hydrogen (secondary N) is 2. The number of nitrogens with zero attached hydrogens (tertiary/aromatic N) is 2. The number of carbonyl (C=O) groups is 2. The summed E-state index contributed by atoms with van der Waals surface area (Å²) in [6.07, 6.45) is 0. The van der Waals surface area contributed by atoms with Gasteiger partial charge in [0, 0.05) is 30.7 Å². The van der Waals surface area contributed by atoms with E-state index in [1.807, 2.05) is 0 Å². The fourth-order valence-corrected chi connectivity index (χ4v) is 2.51. The van der Waals surface area contributed by atoms with Crippen LogP contribution in [0.1, 0.15) is 20.8 Å². The number of fused-ring (bicyclic) bond motifs is 1. The molecule has 1 heterocycles. The quantitative estimate of drug-likeness (QED) is 0.759. The van der Waals surface area contributed by atoms with Crippen molar-refractivity contribution < 1.29 is 9.59 Å². The van der Waals surface area contributed by atoms with Crippen LogP contribution in [0.5, 0.6) is 0 Å². The van der Waals surface area contributed by atoms with Crippen molar-refractivity contribution in [2.24, 2.45) is 7.05 Å². The Morgan fingerprint density at radius 1 is 0.960 bits per heavy atom. The van der Waals surface area contributed by atoms with E-state index >= 15 is 0 Å². The summed E-state index contributed by atoms with van der Waals surface area (Å²) in [4.78, 5) is 36.3. The Bertz CT molecular complexity index is 1020. The number of anilines is 1. The molecule has 126 valence electrons. The third kappa shape index (κ3) is 3.12. The molecule has 0 aliphatic heterocycles. The molecular weight excluding hydrogens is 320 g/mol. The Morgan fingerprint density at radius 2 is 1.60 bits per heavy atom. The lowest BCUT2D eigenvalue weighted by Gasteiger charge is -2.09. The maximum absolute atomic E-state index is 12.6. The molecule has 0 aliphatic carbocycles.